The van der Waals surface area contributed by atoms with Crippen LogP contribution in [0.5, 0.6) is 0 Å². The topological polar surface area (TPSA) is 128 Å². The fourth-order valence-electron chi connectivity index (χ4n) is 3.60. The smallest absolute Gasteiger partial charge is 0.298 e. The van der Waals surface area contributed by atoms with Crippen molar-refractivity contribution in [1.29, 1.82) is 0 Å². The summed E-state index contributed by atoms with van der Waals surface area (Å²) in [5.41, 5.74) is 3.65. The van der Waals surface area contributed by atoms with Gasteiger partial charge in [0.1, 0.15) is 12.4 Å². The SMILES string of the molecule is CC(C)N(CCCCOCC(=O)NS(N)(=O)=O)c1cnc(-c2ccccc2)c(-c2ccccc2)n1. The van der Waals surface area contributed by atoms with Crippen molar-refractivity contribution in [2.45, 2.75) is 32.7 Å². The molecular formula is C25H31N5O4S. The number of anilines is 1. The van der Waals surface area contributed by atoms with E-state index >= 15 is 0 Å². The van der Waals surface area contributed by atoms with E-state index in [2.05, 4.69) is 18.7 Å². The van der Waals surface area contributed by atoms with E-state index in [0.717, 1.165) is 41.3 Å². The summed E-state index contributed by atoms with van der Waals surface area (Å²) >= 11 is 0. The first-order valence-corrected chi connectivity index (χ1v) is 12.9. The Morgan fingerprint density at radius 3 is 2.17 bits per heavy atom. The summed E-state index contributed by atoms with van der Waals surface area (Å²) in [7, 11) is -4.07. The minimum Gasteiger partial charge on any atom is -0.372 e. The van der Waals surface area contributed by atoms with E-state index in [4.69, 9.17) is 19.8 Å². The number of carbonyl (C=O) groups is 1. The first-order chi connectivity index (χ1) is 16.7. The van der Waals surface area contributed by atoms with Gasteiger partial charge >= 0.3 is 0 Å². The van der Waals surface area contributed by atoms with Crippen molar-refractivity contribution in [2.24, 2.45) is 5.14 Å². The second-order valence-corrected chi connectivity index (χ2v) is 9.57. The zero-order valence-electron chi connectivity index (χ0n) is 19.9. The maximum Gasteiger partial charge on any atom is 0.298 e. The molecule has 0 aliphatic heterocycles. The molecule has 0 unspecified atom stereocenters. The molecule has 186 valence electrons. The third-order valence-electron chi connectivity index (χ3n) is 5.20. The Labute approximate surface area is 206 Å². The number of unbranched alkanes of at least 4 members (excludes halogenated alkanes) is 1. The van der Waals surface area contributed by atoms with Crippen LogP contribution in [0.3, 0.4) is 0 Å². The van der Waals surface area contributed by atoms with E-state index in [1.807, 2.05) is 66.9 Å². The molecule has 3 N–H and O–H groups in total. The van der Waals surface area contributed by atoms with Gasteiger partial charge in [0.2, 0.25) is 0 Å². The number of aromatic nitrogens is 2. The van der Waals surface area contributed by atoms with E-state index in [0.29, 0.717) is 13.0 Å². The summed E-state index contributed by atoms with van der Waals surface area (Å²) < 4.78 is 28.6. The molecule has 1 heterocycles. The Hall–Kier alpha value is -3.34. The minimum absolute atomic E-state index is 0.192. The number of carbonyl (C=O) groups excluding carboxylic acids is 1. The lowest BCUT2D eigenvalue weighted by molar-refractivity contribution is -0.123. The molecule has 3 aromatic rings. The van der Waals surface area contributed by atoms with Crippen LogP contribution in [0.1, 0.15) is 26.7 Å². The summed E-state index contributed by atoms with van der Waals surface area (Å²) in [5.74, 6) is -0.00879. The first-order valence-electron chi connectivity index (χ1n) is 11.4. The maximum atomic E-state index is 11.4. The number of rotatable bonds is 12. The predicted molar refractivity (Wildman–Crippen MR) is 137 cm³/mol. The van der Waals surface area contributed by atoms with Crippen molar-refractivity contribution in [3.8, 4) is 22.5 Å². The third kappa shape index (κ3) is 8.13. The molecule has 0 saturated heterocycles. The van der Waals surface area contributed by atoms with E-state index < -0.39 is 16.1 Å². The normalized spacial score (nSPS) is 11.4. The maximum absolute atomic E-state index is 11.4. The summed E-state index contributed by atoms with van der Waals surface area (Å²) in [6.45, 7) is 4.87. The van der Waals surface area contributed by atoms with Gasteiger partial charge in [-0.25, -0.2) is 14.8 Å². The zero-order valence-corrected chi connectivity index (χ0v) is 20.7. The van der Waals surface area contributed by atoms with Gasteiger partial charge in [-0.15, -0.1) is 0 Å². The van der Waals surface area contributed by atoms with Crippen molar-refractivity contribution in [1.82, 2.24) is 14.7 Å². The van der Waals surface area contributed by atoms with Crippen molar-refractivity contribution >= 4 is 21.9 Å². The van der Waals surface area contributed by atoms with Crippen LogP contribution in [0, 0.1) is 0 Å². The van der Waals surface area contributed by atoms with Gasteiger partial charge < -0.3 is 9.64 Å². The molecule has 9 nitrogen and oxygen atoms in total. The summed E-state index contributed by atoms with van der Waals surface area (Å²) in [4.78, 5) is 23.4. The number of hydrogen-bond acceptors (Lipinski definition) is 7. The number of benzene rings is 2. The average Bonchev–Trinajstić information content (AvgIpc) is 2.83. The molecule has 0 atom stereocenters. The van der Waals surface area contributed by atoms with Crippen LogP contribution >= 0.6 is 0 Å². The monoisotopic (exact) mass is 497 g/mol. The van der Waals surface area contributed by atoms with E-state index in [1.165, 1.54) is 0 Å². The lowest BCUT2D eigenvalue weighted by atomic mass is 10.0. The van der Waals surface area contributed by atoms with Gasteiger partial charge in [-0.3, -0.25) is 9.78 Å². The molecule has 0 aliphatic carbocycles. The molecule has 35 heavy (non-hydrogen) atoms. The zero-order chi connectivity index (χ0) is 25.3. The molecule has 10 heteroatoms. The van der Waals surface area contributed by atoms with Crippen LogP contribution < -0.4 is 14.8 Å². The lowest BCUT2D eigenvalue weighted by Gasteiger charge is -2.28. The van der Waals surface area contributed by atoms with Crippen LogP contribution in [0.2, 0.25) is 0 Å². The van der Waals surface area contributed by atoms with Gasteiger partial charge in [-0.2, -0.15) is 8.42 Å². The van der Waals surface area contributed by atoms with E-state index in [-0.39, 0.29) is 12.6 Å². The molecule has 0 bridgehead atoms. The molecule has 1 amide bonds. The standard InChI is InChI=1S/C25H31N5O4S/c1-19(2)30(15-9-10-16-34-18-23(31)29-35(26,32)33)22-17-27-24(20-11-5-3-6-12-20)25(28-22)21-13-7-4-8-14-21/h3-8,11-14,17,19H,9-10,15-16,18H2,1-2H3,(H,29,31)(H2,26,32,33). The Morgan fingerprint density at radius 1 is 1.00 bits per heavy atom. The Bertz CT molecular complexity index is 1210. The highest BCUT2D eigenvalue weighted by Gasteiger charge is 2.17. The molecule has 3 rings (SSSR count). The molecular weight excluding hydrogens is 466 g/mol. The van der Waals surface area contributed by atoms with Gasteiger partial charge in [0, 0.05) is 30.3 Å². The van der Waals surface area contributed by atoms with E-state index in [1.54, 1.807) is 4.72 Å². The summed E-state index contributed by atoms with van der Waals surface area (Å²) in [6.07, 6.45) is 3.29. The van der Waals surface area contributed by atoms with Crippen LogP contribution in [0.4, 0.5) is 5.82 Å². The Balaban J connectivity index is 1.69. The number of nitrogens with one attached hydrogen (secondary N) is 1. The molecule has 0 aliphatic rings. The van der Waals surface area contributed by atoms with Crippen molar-refractivity contribution in [3.05, 3.63) is 66.9 Å². The Morgan fingerprint density at radius 2 is 1.60 bits per heavy atom. The highest BCUT2D eigenvalue weighted by atomic mass is 32.2. The number of amides is 1. The van der Waals surface area contributed by atoms with Gasteiger partial charge in [0.05, 0.1) is 17.6 Å². The summed E-state index contributed by atoms with van der Waals surface area (Å²) in [6, 6.07) is 20.2. The first kappa shape index (κ1) is 26.3. The minimum atomic E-state index is -4.07. The molecule has 1 aromatic heterocycles. The number of hydrogen-bond donors (Lipinski definition) is 2. The van der Waals surface area contributed by atoms with E-state index in [9.17, 15) is 13.2 Å². The third-order valence-corrected chi connectivity index (χ3v) is 5.71. The van der Waals surface area contributed by atoms with Gasteiger partial charge in [0.15, 0.2) is 0 Å². The van der Waals surface area contributed by atoms with Crippen molar-refractivity contribution in [2.75, 3.05) is 24.7 Å². The molecule has 0 saturated carbocycles. The molecule has 0 radical (unpaired) electrons. The molecule has 2 aromatic carbocycles. The average molecular weight is 498 g/mol. The van der Waals surface area contributed by atoms with Crippen LogP contribution in [-0.4, -0.2) is 50.1 Å². The number of nitrogens with zero attached hydrogens (tertiary/aromatic N) is 3. The van der Waals surface area contributed by atoms with Crippen molar-refractivity contribution < 1.29 is 17.9 Å². The fraction of sp³-hybridized carbons (Fsp3) is 0.320. The summed E-state index contributed by atoms with van der Waals surface area (Å²) in [5, 5.41) is 4.76. The van der Waals surface area contributed by atoms with Gasteiger partial charge in [-0.1, -0.05) is 60.7 Å². The van der Waals surface area contributed by atoms with Gasteiger partial charge in [-0.05, 0) is 26.7 Å². The number of ether oxygens (including phenoxy) is 1. The van der Waals surface area contributed by atoms with Gasteiger partial charge in [0.25, 0.3) is 16.1 Å². The second-order valence-electron chi connectivity index (χ2n) is 8.27. The second kappa shape index (κ2) is 12.4. The highest BCUT2D eigenvalue weighted by Crippen LogP contribution is 2.30. The lowest BCUT2D eigenvalue weighted by Crippen LogP contribution is -2.38. The molecule has 0 spiro atoms. The fourth-order valence-corrected chi connectivity index (χ4v) is 3.98. The molecule has 0 fully saturated rings. The van der Waals surface area contributed by atoms with Crippen LogP contribution in [0.25, 0.3) is 22.5 Å². The van der Waals surface area contributed by atoms with Crippen LogP contribution in [-0.2, 0) is 19.7 Å². The highest BCUT2D eigenvalue weighted by molar-refractivity contribution is 7.87. The van der Waals surface area contributed by atoms with Crippen LogP contribution in [0.15, 0.2) is 66.9 Å². The number of nitrogens with two attached hydrogens (primary N) is 1. The largest absolute Gasteiger partial charge is 0.372 e. The Kier molecular flexibility index (Phi) is 9.30. The quantitative estimate of drug-likeness (QED) is 0.368. The predicted octanol–water partition coefficient (Wildman–Crippen LogP) is 3.14. The van der Waals surface area contributed by atoms with Crippen molar-refractivity contribution in [3.63, 3.8) is 0 Å².